The van der Waals surface area contributed by atoms with Crippen molar-refractivity contribution in [2.24, 2.45) is 5.73 Å². The summed E-state index contributed by atoms with van der Waals surface area (Å²) in [5, 5.41) is 21.3. The molecule has 0 aliphatic carbocycles. The number of aliphatic carboxylic acids is 1. The number of carbonyl (C=O) groups excluding carboxylic acids is 2. The number of amides is 2. The second kappa shape index (κ2) is 10.5. The third-order valence-corrected chi connectivity index (χ3v) is 5.95. The van der Waals surface area contributed by atoms with Crippen molar-refractivity contribution in [3.8, 4) is 0 Å². The Bertz CT molecular complexity index is 1390. The SMILES string of the molecule is CC(C)(C)OC(=O)N(C(=O)C(N)Cc1ccc(F)cc1)[C@H]1[C@@H](O)[C@H](n2cnc3c(N)ncnc32)O[C@@H]1C(=O)O. The van der Waals surface area contributed by atoms with E-state index in [1.807, 2.05) is 0 Å². The molecule has 5 atom stereocenters. The van der Waals surface area contributed by atoms with Gasteiger partial charge in [0.1, 0.15) is 35.4 Å². The number of benzene rings is 1. The lowest BCUT2D eigenvalue weighted by atomic mass is 10.0. The monoisotopic (exact) mass is 545 g/mol. The fraction of sp³-hybridized carbons (Fsp3) is 0.417. The van der Waals surface area contributed by atoms with Crippen LogP contribution in [0, 0.1) is 5.82 Å². The number of nitrogen functional groups attached to an aromatic ring is 1. The van der Waals surface area contributed by atoms with Crippen LogP contribution >= 0.6 is 0 Å². The van der Waals surface area contributed by atoms with Crippen molar-refractivity contribution >= 4 is 35.0 Å². The molecule has 1 saturated heterocycles. The highest BCUT2D eigenvalue weighted by molar-refractivity contribution is 5.96. The summed E-state index contributed by atoms with van der Waals surface area (Å²) in [6.07, 6.45) is -4.10. The number of ether oxygens (including phenoxy) is 2. The molecule has 6 N–H and O–H groups in total. The molecule has 1 aliphatic heterocycles. The standard InChI is InChI=1S/C24H28FN7O7/c1-24(2,3)39-23(37)32(20(34)13(26)8-11-4-6-12(25)7-5-11)15-16(33)21(38-17(15)22(35)36)31-10-30-14-18(27)28-9-29-19(14)31/h4-7,9-10,13,15-17,21,33H,8,26H2,1-3H3,(H,35,36)(H2,27,28,29)/t13?,15-,16+,17-,21+/m0/s1. The van der Waals surface area contributed by atoms with Gasteiger partial charge in [-0.25, -0.2) is 33.8 Å². The van der Waals surface area contributed by atoms with E-state index in [0.717, 1.165) is 6.33 Å². The molecule has 1 aromatic carbocycles. The zero-order valence-corrected chi connectivity index (χ0v) is 21.3. The Balaban J connectivity index is 1.73. The minimum Gasteiger partial charge on any atom is -0.479 e. The Morgan fingerprint density at radius 3 is 2.49 bits per heavy atom. The predicted octanol–water partition coefficient (Wildman–Crippen LogP) is 0.593. The average molecular weight is 546 g/mol. The number of fused-ring (bicyclic) bond motifs is 1. The van der Waals surface area contributed by atoms with Gasteiger partial charge in [-0.1, -0.05) is 12.1 Å². The largest absolute Gasteiger partial charge is 0.479 e. The molecule has 2 aromatic heterocycles. The highest BCUT2D eigenvalue weighted by Crippen LogP contribution is 2.36. The second-order valence-corrected chi connectivity index (χ2v) is 9.98. The first-order valence-corrected chi connectivity index (χ1v) is 11.8. The second-order valence-electron chi connectivity index (χ2n) is 9.98. The molecular formula is C24H28FN7O7. The minimum atomic E-state index is -1.88. The van der Waals surface area contributed by atoms with Crippen molar-refractivity contribution in [1.29, 1.82) is 0 Å². The number of aliphatic hydroxyl groups excluding tert-OH is 1. The molecule has 1 aliphatic rings. The number of nitrogens with two attached hydrogens (primary N) is 2. The molecule has 0 saturated carbocycles. The van der Waals surface area contributed by atoms with Gasteiger partial charge in [0.2, 0.25) is 5.91 Å². The summed E-state index contributed by atoms with van der Waals surface area (Å²) in [5.41, 5.74) is 11.7. The molecule has 2 amide bonds. The Kier molecular flexibility index (Phi) is 7.50. The maximum Gasteiger partial charge on any atom is 0.417 e. The summed E-state index contributed by atoms with van der Waals surface area (Å²) in [6, 6.07) is 2.06. The minimum absolute atomic E-state index is 0.0369. The lowest BCUT2D eigenvalue weighted by Gasteiger charge is -2.34. The number of aromatic nitrogens is 4. The molecule has 14 nitrogen and oxygen atoms in total. The van der Waals surface area contributed by atoms with Crippen molar-refractivity contribution in [2.75, 3.05) is 5.73 Å². The predicted molar refractivity (Wildman–Crippen MR) is 132 cm³/mol. The molecule has 1 unspecified atom stereocenters. The lowest BCUT2D eigenvalue weighted by Crippen LogP contribution is -2.59. The van der Waals surface area contributed by atoms with E-state index < -0.39 is 59.9 Å². The Morgan fingerprint density at radius 1 is 1.21 bits per heavy atom. The van der Waals surface area contributed by atoms with Crippen LogP contribution in [0.3, 0.4) is 0 Å². The fourth-order valence-corrected chi connectivity index (χ4v) is 4.25. The number of imide groups is 1. The van der Waals surface area contributed by atoms with E-state index in [2.05, 4.69) is 15.0 Å². The van der Waals surface area contributed by atoms with Gasteiger partial charge in [0.25, 0.3) is 0 Å². The van der Waals surface area contributed by atoms with Gasteiger partial charge in [0.05, 0.1) is 12.4 Å². The van der Waals surface area contributed by atoms with Gasteiger partial charge in [-0.2, -0.15) is 0 Å². The van der Waals surface area contributed by atoms with Crippen LogP contribution in [0.25, 0.3) is 11.2 Å². The molecule has 3 heterocycles. The molecule has 0 spiro atoms. The molecule has 3 aromatic rings. The molecule has 1 fully saturated rings. The molecule has 0 radical (unpaired) electrons. The summed E-state index contributed by atoms with van der Waals surface area (Å²) in [4.78, 5) is 51.7. The van der Waals surface area contributed by atoms with E-state index in [-0.39, 0.29) is 23.4 Å². The van der Waals surface area contributed by atoms with Gasteiger partial charge in [0, 0.05) is 0 Å². The summed E-state index contributed by atoms with van der Waals surface area (Å²) < 4.78 is 25.6. The van der Waals surface area contributed by atoms with E-state index in [9.17, 15) is 29.0 Å². The number of aliphatic hydroxyl groups is 1. The first-order valence-electron chi connectivity index (χ1n) is 11.8. The number of hydrogen-bond donors (Lipinski definition) is 4. The Morgan fingerprint density at radius 2 is 1.87 bits per heavy atom. The van der Waals surface area contributed by atoms with Gasteiger partial charge in [-0.15, -0.1) is 0 Å². The summed E-state index contributed by atoms with van der Waals surface area (Å²) in [7, 11) is 0. The van der Waals surface area contributed by atoms with Crippen LogP contribution in [0.15, 0.2) is 36.9 Å². The smallest absolute Gasteiger partial charge is 0.417 e. The van der Waals surface area contributed by atoms with E-state index in [1.165, 1.54) is 35.2 Å². The third-order valence-electron chi connectivity index (χ3n) is 5.95. The van der Waals surface area contributed by atoms with E-state index in [1.54, 1.807) is 20.8 Å². The number of rotatable bonds is 6. The number of imidazole rings is 1. The van der Waals surface area contributed by atoms with Gasteiger partial charge >= 0.3 is 12.1 Å². The number of nitrogens with zero attached hydrogens (tertiary/aromatic N) is 5. The molecular weight excluding hydrogens is 517 g/mol. The van der Waals surface area contributed by atoms with Crippen LogP contribution in [-0.2, 0) is 25.5 Å². The Labute approximate surface area is 221 Å². The fourth-order valence-electron chi connectivity index (χ4n) is 4.25. The average Bonchev–Trinajstić information content (AvgIpc) is 3.42. The Hall–Kier alpha value is -4.21. The van der Waals surface area contributed by atoms with Crippen molar-refractivity contribution in [3.05, 3.63) is 48.3 Å². The van der Waals surface area contributed by atoms with Gasteiger partial charge < -0.3 is 31.2 Å². The first-order chi connectivity index (χ1) is 18.3. The maximum absolute atomic E-state index is 13.6. The van der Waals surface area contributed by atoms with Crippen LogP contribution < -0.4 is 11.5 Å². The molecule has 208 valence electrons. The number of carboxylic acid groups (broad SMARTS) is 1. The van der Waals surface area contributed by atoms with Gasteiger partial charge in [-0.3, -0.25) is 9.36 Å². The van der Waals surface area contributed by atoms with Crippen molar-refractivity contribution in [3.63, 3.8) is 0 Å². The molecule has 15 heteroatoms. The van der Waals surface area contributed by atoms with Crippen LogP contribution in [0.4, 0.5) is 15.0 Å². The van der Waals surface area contributed by atoms with Crippen LogP contribution in [-0.4, -0.2) is 82.5 Å². The van der Waals surface area contributed by atoms with Crippen LogP contribution in [0.2, 0.25) is 0 Å². The van der Waals surface area contributed by atoms with Crippen LogP contribution in [0.5, 0.6) is 0 Å². The van der Waals surface area contributed by atoms with E-state index in [0.29, 0.717) is 10.5 Å². The van der Waals surface area contributed by atoms with E-state index >= 15 is 0 Å². The lowest BCUT2D eigenvalue weighted by molar-refractivity contribution is -0.154. The maximum atomic E-state index is 13.6. The van der Waals surface area contributed by atoms with E-state index in [4.69, 9.17) is 20.9 Å². The zero-order valence-electron chi connectivity index (χ0n) is 21.3. The van der Waals surface area contributed by atoms with Gasteiger partial charge in [-0.05, 0) is 44.9 Å². The topological polar surface area (TPSA) is 209 Å². The molecule has 0 bridgehead atoms. The van der Waals surface area contributed by atoms with Crippen LogP contribution in [0.1, 0.15) is 32.6 Å². The highest BCUT2D eigenvalue weighted by atomic mass is 19.1. The normalized spacial score (nSPS) is 22.0. The highest BCUT2D eigenvalue weighted by Gasteiger charge is 2.55. The third kappa shape index (κ3) is 5.64. The van der Waals surface area contributed by atoms with Crippen molar-refractivity contribution in [1.82, 2.24) is 24.4 Å². The molecule has 39 heavy (non-hydrogen) atoms. The quantitative estimate of drug-likeness (QED) is 0.335. The van der Waals surface area contributed by atoms with Crippen molar-refractivity contribution < 1.29 is 38.5 Å². The summed E-state index contributed by atoms with van der Waals surface area (Å²) in [6.45, 7) is 4.65. The zero-order chi connectivity index (χ0) is 28.6. The number of hydrogen-bond acceptors (Lipinski definition) is 11. The number of carboxylic acids is 1. The number of carbonyl (C=O) groups is 3. The number of halogens is 1. The number of anilines is 1. The first kappa shape index (κ1) is 27.8. The molecule has 4 rings (SSSR count). The summed E-state index contributed by atoms with van der Waals surface area (Å²) >= 11 is 0. The van der Waals surface area contributed by atoms with Crippen molar-refractivity contribution in [2.45, 2.75) is 63.3 Å². The summed E-state index contributed by atoms with van der Waals surface area (Å²) in [5.74, 6) is -3.05. The van der Waals surface area contributed by atoms with Gasteiger partial charge in [0.15, 0.2) is 23.8 Å².